The SMILES string of the molecule is COCCOC(=O)c1c(C)oc2c1cc(NS(=O)(=O)c1ccc(C(=O)O)cc1)c1ccccc12. The highest BCUT2D eigenvalue weighted by Crippen LogP contribution is 2.37. The smallest absolute Gasteiger partial charge is 0.342 e. The minimum absolute atomic E-state index is 0.0312. The van der Waals surface area contributed by atoms with Gasteiger partial charge >= 0.3 is 11.9 Å². The van der Waals surface area contributed by atoms with Gasteiger partial charge in [0.2, 0.25) is 0 Å². The van der Waals surface area contributed by atoms with Gasteiger partial charge in [0.1, 0.15) is 23.5 Å². The predicted octanol–water partition coefficient (Wildman–Crippen LogP) is 4.20. The maximum Gasteiger partial charge on any atom is 0.342 e. The number of benzene rings is 3. The largest absolute Gasteiger partial charge is 0.478 e. The van der Waals surface area contributed by atoms with Crippen molar-refractivity contribution in [3.05, 3.63) is 71.5 Å². The third-order valence-electron chi connectivity index (χ3n) is 5.25. The van der Waals surface area contributed by atoms with Gasteiger partial charge in [0.15, 0.2) is 0 Å². The summed E-state index contributed by atoms with van der Waals surface area (Å²) < 4.78 is 44.8. The van der Waals surface area contributed by atoms with E-state index < -0.39 is 22.0 Å². The van der Waals surface area contributed by atoms with E-state index in [9.17, 15) is 18.0 Å². The molecular formula is C24H21NO8S. The molecule has 0 radical (unpaired) electrons. The molecule has 176 valence electrons. The van der Waals surface area contributed by atoms with E-state index in [-0.39, 0.29) is 34.9 Å². The normalized spacial score (nSPS) is 11.6. The van der Waals surface area contributed by atoms with E-state index in [0.29, 0.717) is 27.5 Å². The molecule has 0 amide bonds. The Hall–Kier alpha value is -3.89. The molecule has 9 nitrogen and oxygen atoms in total. The number of aromatic carboxylic acids is 1. The molecule has 1 aromatic heterocycles. The minimum atomic E-state index is -4.07. The quantitative estimate of drug-likeness (QED) is 0.282. The molecule has 3 aromatic carbocycles. The molecule has 0 aliphatic rings. The molecule has 0 atom stereocenters. The molecule has 0 bridgehead atoms. The van der Waals surface area contributed by atoms with Crippen molar-refractivity contribution in [2.45, 2.75) is 11.8 Å². The molecule has 2 N–H and O–H groups in total. The van der Waals surface area contributed by atoms with Gasteiger partial charge in [0.25, 0.3) is 10.0 Å². The van der Waals surface area contributed by atoms with Gasteiger partial charge in [0, 0.05) is 23.3 Å². The molecule has 0 saturated carbocycles. The Bertz CT molecular complexity index is 1500. The van der Waals surface area contributed by atoms with Crippen LogP contribution in [0.25, 0.3) is 21.7 Å². The van der Waals surface area contributed by atoms with E-state index in [1.807, 2.05) is 0 Å². The number of carboxylic acids is 1. The fourth-order valence-electron chi connectivity index (χ4n) is 3.65. The van der Waals surface area contributed by atoms with Gasteiger partial charge < -0.3 is 19.0 Å². The van der Waals surface area contributed by atoms with Crippen LogP contribution in [0.2, 0.25) is 0 Å². The van der Waals surface area contributed by atoms with E-state index in [2.05, 4.69) is 4.72 Å². The standard InChI is InChI=1S/C24H21NO8S/c1-14-21(24(28)32-12-11-31-2)19-13-20(17-5-3-4-6-18(17)22(19)33-14)25-34(29,30)16-9-7-15(8-10-16)23(26)27/h3-10,13,25H,11-12H2,1-2H3,(H,26,27). The fraction of sp³-hybridized carbons (Fsp3) is 0.167. The number of carboxylic acid groups (broad SMARTS) is 1. The zero-order valence-corrected chi connectivity index (χ0v) is 19.1. The van der Waals surface area contributed by atoms with Gasteiger partial charge in [-0.3, -0.25) is 4.72 Å². The number of rotatable bonds is 8. The molecule has 0 saturated heterocycles. The third kappa shape index (κ3) is 4.33. The first-order chi connectivity index (χ1) is 16.2. The number of nitrogens with one attached hydrogen (secondary N) is 1. The lowest BCUT2D eigenvalue weighted by Gasteiger charge is -2.12. The van der Waals surface area contributed by atoms with Gasteiger partial charge in [-0.25, -0.2) is 18.0 Å². The zero-order valence-electron chi connectivity index (χ0n) is 18.3. The maximum atomic E-state index is 13.1. The number of anilines is 1. The van der Waals surface area contributed by atoms with Gasteiger partial charge in [-0.15, -0.1) is 0 Å². The summed E-state index contributed by atoms with van der Waals surface area (Å²) >= 11 is 0. The highest BCUT2D eigenvalue weighted by atomic mass is 32.2. The molecule has 1 heterocycles. The molecular weight excluding hydrogens is 462 g/mol. The van der Waals surface area contributed by atoms with Crippen LogP contribution in [0.4, 0.5) is 5.69 Å². The van der Waals surface area contributed by atoms with Crippen LogP contribution in [0.5, 0.6) is 0 Å². The van der Waals surface area contributed by atoms with E-state index in [1.54, 1.807) is 31.2 Å². The van der Waals surface area contributed by atoms with Crippen LogP contribution in [0.1, 0.15) is 26.5 Å². The van der Waals surface area contributed by atoms with Crippen LogP contribution >= 0.6 is 0 Å². The van der Waals surface area contributed by atoms with Gasteiger partial charge in [0.05, 0.1) is 22.8 Å². The van der Waals surface area contributed by atoms with Crippen molar-refractivity contribution < 1.29 is 37.0 Å². The average Bonchev–Trinajstić information content (AvgIpc) is 3.15. The van der Waals surface area contributed by atoms with Crippen LogP contribution in [0.15, 0.2) is 63.9 Å². The fourth-order valence-corrected chi connectivity index (χ4v) is 4.72. The number of furan rings is 1. The summed E-state index contributed by atoms with van der Waals surface area (Å²) in [4.78, 5) is 23.7. The molecule has 0 spiro atoms. The summed E-state index contributed by atoms with van der Waals surface area (Å²) in [6, 6.07) is 13.4. The number of carbonyl (C=O) groups excluding carboxylic acids is 1. The molecule has 4 aromatic rings. The summed E-state index contributed by atoms with van der Waals surface area (Å²) in [5.41, 5.74) is 0.831. The number of aryl methyl sites for hydroxylation is 1. The molecule has 0 aliphatic heterocycles. The van der Waals surface area contributed by atoms with E-state index >= 15 is 0 Å². The van der Waals surface area contributed by atoms with Crippen LogP contribution in [0, 0.1) is 6.92 Å². The van der Waals surface area contributed by atoms with Crippen molar-refractivity contribution in [3.8, 4) is 0 Å². The highest BCUT2D eigenvalue weighted by Gasteiger charge is 2.24. The van der Waals surface area contributed by atoms with Crippen molar-refractivity contribution >= 4 is 49.4 Å². The summed E-state index contributed by atoms with van der Waals surface area (Å²) in [6.07, 6.45) is 0. The molecule has 0 unspecified atom stereocenters. The first kappa shape index (κ1) is 23.3. The monoisotopic (exact) mass is 483 g/mol. The van der Waals surface area contributed by atoms with E-state index in [4.69, 9.17) is 19.0 Å². The maximum absolute atomic E-state index is 13.1. The molecule has 0 fully saturated rings. The molecule has 0 aliphatic carbocycles. The summed E-state index contributed by atoms with van der Waals surface area (Å²) in [5.74, 6) is -1.43. The average molecular weight is 483 g/mol. The second-order valence-corrected chi connectivity index (χ2v) is 9.13. The first-order valence-corrected chi connectivity index (χ1v) is 11.7. The van der Waals surface area contributed by atoms with E-state index in [1.165, 1.54) is 37.4 Å². The van der Waals surface area contributed by atoms with Gasteiger partial charge in [-0.1, -0.05) is 24.3 Å². The number of ether oxygens (including phenoxy) is 2. The second-order valence-electron chi connectivity index (χ2n) is 7.44. The van der Waals surface area contributed by atoms with E-state index in [0.717, 1.165) is 0 Å². The van der Waals surface area contributed by atoms with Crippen molar-refractivity contribution in [1.29, 1.82) is 0 Å². The summed E-state index contributed by atoms with van der Waals surface area (Å²) in [7, 11) is -2.57. The number of sulfonamides is 1. The lowest BCUT2D eigenvalue weighted by atomic mass is 10.0. The Morgan fingerprint density at radius 3 is 2.32 bits per heavy atom. The number of esters is 1. The third-order valence-corrected chi connectivity index (χ3v) is 6.63. The lowest BCUT2D eigenvalue weighted by molar-refractivity contribution is 0.0388. The Labute approximate surface area is 194 Å². The van der Waals surface area contributed by atoms with Crippen molar-refractivity contribution in [3.63, 3.8) is 0 Å². The first-order valence-electron chi connectivity index (χ1n) is 10.2. The topological polar surface area (TPSA) is 132 Å². The number of methoxy groups -OCH3 is 1. The highest BCUT2D eigenvalue weighted by molar-refractivity contribution is 7.92. The molecule has 34 heavy (non-hydrogen) atoms. The Morgan fingerprint density at radius 1 is 1.00 bits per heavy atom. The lowest BCUT2D eigenvalue weighted by Crippen LogP contribution is -2.14. The zero-order chi connectivity index (χ0) is 24.5. The predicted molar refractivity (Wildman–Crippen MR) is 125 cm³/mol. The Balaban J connectivity index is 1.82. The van der Waals surface area contributed by atoms with Crippen LogP contribution < -0.4 is 4.72 Å². The second kappa shape index (κ2) is 9.16. The summed E-state index contributed by atoms with van der Waals surface area (Å²) in [5, 5.41) is 10.6. The number of hydrogen-bond donors (Lipinski definition) is 2. The van der Waals surface area contributed by atoms with Gasteiger partial charge in [-0.05, 0) is 37.3 Å². The van der Waals surface area contributed by atoms with Crippen molar-refractivity contribution in [2.75, 3.05) is 25.0 Å². The van der Waals surface area contributed by atoms with Crippen molar-refractivity contribution in [2.24, 2.45) is 0 Å². The van der Waals surface area contributed by atoms with Crippen LogP contribution in [-0.4, -0.2) is 45.8 Å². The van der Waals surface area contributed by atoms with Crippen molar-refractivity contribution in [1.82, 2.24) is 0 Å². The molecule has 10 heteroatoms. The van der Waals surface area contributed by atoms with Crippen LogP contribution in [-0.2, 0) is 19.5 Å². The van der Waals surface area contributed by atoms with Gasteiger partial charge in [-0.2, -0.15) is 0 Å². The minimum Gasteiger partial charge on any atom is -0.478 e. The number of carbonyl (C=O) groups is 2. The number of hydrogen-bond acceptors (Lipinski definition) is 7. The van der Waals surface area contributed by atoms with Crippen LogP contribution in [0.3, 0.4) is 0 Å². The Morgan fingerprint density at radius 2 is 1.68 bits per heavy atom. The summed E-state index contributed by atoms with van der Waals surface area (Å²) in [6.45, 7) is 1.92. The number of fused-ring (bicyclic) bond motifs is 3. The Kier molecular flexibility index (Phi) is 6.27. The molecule has 4 rings (SSSR count).